The van der Waals surface area contributed by atoms with E-state index in [0.717, 1.165) is 78.0 Å². The van der Waals surface area contributed by atoms with Gasteiger partial charge in [-0.3, -0.25) is 14.5 Å². The largest absolute Gasteiger partial charge is 0.369 e. The Balaban J connectivity index is 1.16. The molecule has 0 spiro atoms. The molecule has 3 aliphatic heterocycles. The van der Waals surface area contributed by atoms with Gasteiger partial charge in [-0.25, -0.2) is 0 Å². The van der Waals surface area contributed by atoms with Crippen LogP contribution in [0.2, 0.25) is 0 Å². The average Bonchev–Trinajstić information content (AvgIpc) is 2.79. The van der Waals surface area contributed by atoms with E-state index >= 15 is 0 Å². The highest BCUT2D eigenvalue weighted by Crippen LogP contribution is 2.22. The Hall–Kier alpha value is -2.08. The summed E-state index contributed by atoms with van der Waals surface area (Å²) in [6, 6.07) is 10.9. The lowest BCUT2D eigenvalue weighted by molar-refractivity contribution is -0.138. The van der Waals surface area contributed by atoms with Crippen LogP contribution in [0.15, 0.2) is 30.3 Å². The number of carbonyl (C=O) groups excluding carboxylic acids is 2. The lowest BCUT2D eigenvalue weighted by Gasteiger charge is -2.40. The van der Waals surface area contributed by atoms with Crippen LogP contribution in [0, 0.1) is 0 Å². The van der Waals surface area contributed by atoms with Gasteiger partial charge in [-0.15, -0.1) is 0 Å². The number of para-hydroxylation sites is 1. The maximum absolute atomic E-state index is 12.7. The van der Waals surface area contributed by atoms with Crippen molar-refractivity contribution >= 4 is 17.5 Å². The number of hydrogen-bond acceptors (Lipinski definition) is 4. The summed E-state index contributed by atoms with van der Waals surface area (Å²) in [6.45, 7) is 7.44. The van der Waals surface area contributed by atoms with Crippen molar-refractivity contribution in [1.82, 2.24) is 14.7 Å². The predicted octanol–water partition coefficient (Wildman–Crippen LogP) is 2.20. The molecule has 158 valence electrons. The highest BCUT2D eigenvalue weighted by molar-refractivity contribution is 5.78. The van der Waals surface area contributed by atoms with E-state index in [2.05, 4.69) is 45.0 Å². The smallest absolute Gasteiger partial charge is 0.223 e. The van der Waals surface area contributed by atoms with E-state index < -0.39 is 0 Å². The van der Waals surface area contributed by atoms with Crippen LogP contribution in [0.1, 0.15) is 38.5 Å². The first-order chi connectivity index (χ1) is 14.2. The van der Waals surface area contributed by atoms with Crippen LogP contribution in [0.25, 0.3) is 0 Å². The second-order valence-corrected chi connectivity index (χ2v) is 8.57. The van der Waals surface area contributed by atoms with E-state index in [1.807, 2.05) is 4.90 Å². The van der Waals surface area contributed by atoms with Gasteiger partial charge in [0.05, 0.1) is 0 Å². The van der Waals surface area contributed by atoms with Crippen molar-refractivity contribution in [3.05, 3.63) is 30.3 Å². The molecule has 0 atom stereocenters. The average molecular weight is 399 g/mol. The van der Waals surface area contributed by atoms with Gasteiger partial charge in [0.25, 0.3) is 0 Å². The monoisotopic (exact) mass is 398 g/mol. The summed E-state index contributed by atoms with van der Waals surface area (Å²) in [4.78, 5) is 33.8. The molecule has 0 aromatic heterocycles. The number of piperazine rings is 1. The van der Waals surface area contributed by atoms with Gasteiger partial charge in [0.2, 0.25) is 11.8 Å². The second-order valence-electron chi connectivity index (χ2n) is 8.57. The number of amides is 2. The van der Waals surface area contributed by atoms with Crippen LogP contribution < -0.4 is 4.90 Å². The number of hydrogen-bond donors (Lipinski definition) is 0. The molecule has 6 nitrogen and oxygen atoms in total. The van der Waals surface area contributed by atoms with E-state index in [0.29, 0.717) is 24.8 Å². The standard InChI is InChI=1S/C23H34N4O2/c28-22(26-14-9-21(10-15-26)27-12-5-4-8-23(27)29)11-13-24-16-18-25(19-17-24)20-6-2-1-3-7-20/h1-3,6-7,21H,4-5,8-19H2. The van der Waals surface area contributed by atoms with Gasteiger partial charge < -0.3 is 14.7 Å². The zero-order chi connectivity index (χ0) is 20.1. The van der Waals surface area contributed by atoms with Crippen molar-refractivity contribution in [3.8, 4) is 0 Å². The molecule has 0 N–H and O–H groups in total. The molecule has 6 heteroatoms. The van der Waals surface area contributed by atoms with Crippen LogP contribution in [0.5, 0.6) is 0 Å². The molecule has 0 bridgehead atoms. The highest BCUT2D eigenvalue weighted by Gasteiger charge is 2.30. The number of nitrogens with zero attached hydrogens (tertiary/aromatic N) is 4. The van der Waals surface area contributed by atoms with E-state index in [9.17, 15) is 9.59 Å². The Bertz CT molecular complexity index is 679. The van der Waals surface area contributed by atoms with Crippen LogP contribution in [-0.2, 0) is 9.59 Å². The molecule has 3 aliphatic rings. The summed E-state index contributed by atoms with van der Waals surface area (Å²) in [6.07, 6.45) is 5.35. The van der Waals surface area contributed by atoms with E-state index in [1.165, 1.54) is 5.69 Å². The molecule has 3 fully saturated rings. The Morgan fingerprint density at radius 2 is 1.62 bits per heavy atom. The lowest BCUT2D eigenvalue weighted by Crippen LogP contribution is -2.51. The van der Waals surface area contributed by atoms with Gasteiger partial charge >= 0.3 is 0 Å². The first kappa shape index (κ1) is 20.2. The quantitative estimate of drug-likeness (QED) is 0.763. The molecule has 1 aromatic rings. The number of benzene rings is 1. The Morgan fingerprint density at radius 1 is 0.897 bits per heavy atom. The Morgan fingerprint density at radius 3 is 2.31 bits per heavy atom. The summed E-state index contributed by atoms with van der Waals surface area (Å²) < 4.78 is 0. The van der Waals surface area contributed by atoms with Crippen LogP contribution in [0.4, 0.5) is 5.69 Å². The van der Waals surface area contributed by atoms with Crippen molar-refractivity contribution in [2.75, 3.05) is 57.3 Å². The fraction of sp³-hybridized carbons (Fsp3) is 0.652. The van der Waals surface area contributed by atoms with E-state index in [-0.39, 0.29) is 5.91 Å². The summed E-state index contributed by atoms with van der Waals surface area (Å²) in [5.74, 6) is 0.592. The molecule has 0 unspecified atom stereocenters. The predicted molar refractivity (Wildman–Crippen MR) is 115 cm³/mol. The molecule has 3 saturated heterocycles. The number of piperidine rings is 2. The highest BCUT2D eigenvalue weighted by atomic mass is 16.2. The van der Waals surface area contributed by atoms with Gasteiger partial charge in [-0.1, -0.05) is 18.2 Å². The van der Waals surface area contributed by atoms with Crippen molar-refractivity contribution in [1.29, 1.82) is 0 Å². The van der Waals surface area contributed by atoms with E-state index in [1.54, 1.807) is 0 Å². The first-order valence-corrected chi connectivity index (χ1v) is 11.3. The minimum Gasteiger partial charge on any atom is -0.369 e. The van der Waals surface area contributed by atoms with Gasteiger partial charge in [-0.05, 0) is 37.8 Å². The summed E-state index contributed by atoms with van der Waals surface area (Å²) in [5.41, 5.74) is 1.29. The molecule has 3 heterocycles. The normalized spacial score (nSPS) is 22.2. The maximum atomic E-state index is 12.7. The zero-order valence-corrected chi connectivity index (χ0v) is 17.5. The Kier molecular flexibility index (Phi) is 6.70. The number of anilines is 1. The third kappa shape index (κ3) is 5.10. The summed E-state index contributed by atoms with van der Waals surface area (Å²) >= 11 is 0. The molecule has 0 aliphatic carbocycles. The third-order valence-corrected chi connectivity index (χ3v) is 6.75. The second kappa shape index (κ2) is 9.61. The van der Waals surface area contributed by atoms with Gasteiger partial charge in [0.1, 0.15) is 0 Å². The number of likely N-dealkylation sites (tertiary alicyclic amines) is 2. The van der Waals surface area contributed by atoms with Crippen LogP contribution in [-0.4, -0.2) is 84.9 Å². The van der Waals surface area contributed by atoms with Crippen molar-refractivity contribution < 1.29 is 9.59 Å². The van der Waals surface area contributed by atoms with Gasteiger partial charge in [0, 0.05) is 76.9 Å². The molecular formula is C23H34N4O2. The van der Waals surface area contributed by atoms with E-state index in [4.69, 9.17) is 0 Å². The van der Waals surface area contributed by atoms with Crippen molar-refractivity contribution in [2.24, 2.45) is 0 Å². The molecule has 1 aromatic carbocycles. The first-order valence-electron chi connectivity index (χ1n) is 11.3. The maximum Gasteiger partial charge on any atom is 0.223 e. The van der Waals surface area contributed by atoms with Gasteiger partial charge in [0.15, 0.2) is 0 Å². The molecule has 0 radical (unpaired) electrons. The SMILES string of the molecule is O=C(CCN1CCN(c2ccccc2)CC1)N1CCC(N2CCCCC2=O)CC1. The molecule has 29 heavy (non-hydrogen) atoms. The topological polar surface area (TPSA) is 47.1 Å². The van der Waals surface area contributed by atoms with Crippen molar-refractivity contribution in [3.63, 3.8) is 0 Å². The Labute approximate surface area is 174 Å². The molecule has 0 saturated carbocycles. The van der Waals surface area contributed by atoms with Crippen molar-refractivity contribution in [2.45, 2.75) is 44.6 Å². The van der Waals surface area contributed by atoms with Gasteiger partial charge in [-0.2, -0.15) is 0 Å². The fourth-order valence-electron chi connectivity index (χ4n) is 4.92. The minimum atomic E-state index is 0.277. The number of rotatable bonds is 5. The number of carbonyl (C=O) groups is 2. The summed E-state index contributed by atoms with van der Waals surface area (Å²) in [7, 11) is 0. The van der Waals surface area contributed by atoms with Crippen LogP contribution in [0.3, 0.4) is 0 Å². The van der Waals surface area contributed by atoms with Crippen LogP contribution >= 0.6 is 0 Å². The molecule has 4 rings (SSSR count). The third-order valence-electron chi connectivity index (χ3n) is 6.75. The summed E-state index contributed by atoms with van der Waals surface area (Å²) in [5, 5.41) is 0. The molecular weight excluding hydrogens is 364 g/mol. The zero-order valence-electron chi connectivity index (χ0n) is 17.5. The lowest BCUT2D eigenvalue weighted by atomic mass is 9.99. The minimum absolute atomic E-state index is 0.277. The molecule has 2 amide bonds. The fourth-order valence-corrected chi connectivity index (χ4v) is 4.92.